The van der Waals surface area contributed by atoms with Gasteiger partial charge in [-0.3, -0.25) is 0 Å². The van der Waals surface area contributed by atoms with E-state index in [2.05, 4.69) is 41.6 Å². The van der Waals surface area contributed by atoms with Gasteiger partial charge in [0.2, 0.25) is 0 Å². The maximum atomic E-state index is 4.66. The van der Waals surface area contributed by atoms with Crippen LogP contribution in [-0.2, 0) is 0 Å². The van der Waals surface area contributed by atoms with Crippen molar-refractivity contribution in [3.8, 4) is 0 Å². The molecule has 2 bridgehead atoms. The van der Waals surface area contributed by atoms with Crippen LogP contribution in [0.15, 0.2) is 18.2 Å². The van der Waals surface area contributed by atoms with Crippen LogP contribution in [-0.4, -0.2) is 17.6 Å². The fraction of sp³-hybridized carbons (Fsp3) is 0.706. The zero-order valence-corrected chi connectivity index (χ0v) is 12.7. The van der Waals surface area contributed by atoms with Gasteiger partial charge >= 0.3 is 0 Å². The van der Waals surface area contributed by atoms with Gasteiger partial charge in [0.25, 0.3) is 0 Å². The molecule has 0 radical (unpaired) electrons. The molecule has 2 N–H and O–H groups in total. The lowest BCUT2D eigenvalue weighted by molar-refractivity contribution is 0.304. The molecule has 3 nitrogen and oxygen atoms in total. The van der Waals surface area contributed by atoms with Crippen LogP contribution in [0, 0.1) is 17.8 Å². The van der Waals surface area contributed by atoms with Crippen molar-refractivity contribution in [2.75, 3.05) is 17.2 Å². The van der Waals surface area contributed by atoms with Crippen molar-refractivity contribution in [3.63, 3.8) is 0 Å². The molecule has 0 amide bonds. The third-order valence-corrected chi connectivity index (χ3v) is 5.12. The second-order valence-corrected chi connectivity index (χ2v) is 6.61. The monoisotopic (exact) mass is 273 g/mol. The van der Waals surface area contributed by atoms with Crippen molar-refractivity contribution in [2.24, 2.45) is 17.8 Å². The molecule has 1 aromatic heterocycles. The average molecular weight is 273 g/mol. The summed E-state index contributed by atoms with van der Waals surface area (Å²) in [5.74, 6) is 4.82. The smallest absolute Gasteiger partial charge is 0.128 e. The van der Waals surface area contributed by atoms with Crippen molar-refractivity contribution >= 4 is 11.6 Å². The predicted octanol–water partition coefficient (Wildman–Crippen LogP) is 4.14. The molecule has 3 heteroatoms. The molecular weight excluding hydrogens is 246 g/mol. The molecule has 1 aromatic rings. The number of nitrogens with one attached hydrogen (secondary N) is 2. The molecule has 0 aliphatic heterocycles. The van der Waals surface area contributed by atoms with E-state index in [0.29, 0.717) is 6.04 Å². The quantitative estimate of drug-likeness (QED) is 0.818. The molecule has 110 valence electrons. The zero-order chi connectivity index (χ0) is 13.9. The largest absolute Gasteiger partial charge is 0.370 e. The van der Waals surface area contributed by atoms with Gasteiger partial charge in [0, 0.05) is 12.6 Å². The Bertz CT molecular complexity index is 446. The summed E-state index contributed by atoms with van der Waals surface area (Å²) in [5.41, 5.74) is 0. The SMILES string of the molecule is CCCNc1cccc(NC(C)C2CC3CCC2C3)n1. The van der Waals surface area contributed by atoms with Gasteiger partial charge in [-0.15, -0.1) is 0 Å². The average Bonchev–Trinajstić information content (AvgIpc) is 3.08. The van der Waals surface area contributed by atoms with E-state index in [0.717, 1.165) is 42.4 Å². The number of nitrogens with zero attached hydrogens (tertiary/aromatic N) is 1. The van der Waals surface area contributed by atoms with E-state index in [4.69, 9.17) is 0 Å². The van der Waals surface area contributed by atoms with Gasteiger partial charge in [0.1, 0.15) is 11.6 Å². The Morgan fingerprint density at radius 3 is 2.80 bits per heavy atom. The van der Waals surface area contributed by atoms with Crippen LogP contribution in [0.2, 0.25) is 0 Å². The molecule has 2 fully saturated rings. The number of aromatic nitrogens is 1. The molecule has 20 heavy (non-hydrogen) atoms. The Morgan fingerprint density at radius 1 is 1.25 bits per heavy atom. The standard InChI is InChI=1S/C17H27N3/c1-3-9-18-16-5-4-6-17(20-16)19-12(2)15-11-13-7-8-14(15)10-13/h4-6,12-15H,3,7-11H2,1-2H3,(H2,18,19,20). The molecule has 1 heterocycles. The Labute approximate surface area is 122 Å². The molecule has 0 spiro atoms. The lowest BCUT2D eigenvalue weighted by Crippen LogP contribution is -2.30. The summed E-state index contributed by atoms with van der Waals surface area (Å²) in [4.78, 5) is 4.66. The number of fused-ring (bicyclic) bond motifs is 2. The number of hydrogen-bond donors (Lipinski definition) is 2. The summed E-state index contributed by atoms with van der Waals surface area (Å²) < 4.78 is 0. The number of rotatable bonds is 6. The fourth-order valence-corrected chi connectivity index (χ4v) is 4.11. The van der Waals surface area contributed by atoms with Gasteiger partial charge in [0.05, 0.1) is 0 Å². The van der Waals surface area contributed by atoms with Crippen molar-refractivity contribution in [2.45, 2.75) is 52.0 Å². The van der Waals surface area contributed by atoms with Crippen molar-refractivity contribution in [1.82, 2.24) is 4.98 Å². The van der Waals surface area contributed by atoms with Crippen LogP contribution in [0.1, 0.15) is 46.0 Å². The van der Waals surface area contributed by atoms with Crippen LogP contribution in [0.5, 0.6) is 0 Å². The summed E-state index contributed by atoms with van der Waals surface area (Å²) in [6.45, 7) is 5.49. The van der Waals surface area contributed by atoms with Crippen LogP contribution in [0.4, 0.5) is 11.6 Å². The highest BCUT2D eigenvalue weighted by Crippen LogP contribution is 2.49. The normalized spacial score (nSPS) is 29.4. The molecule has 2 saturated carbocycles. The van der Waals surface area contributed by atoms with E-state index in [9.17, 15) is 0 Å². The Morgan fingerprint density at radius 2 is 2.10 bits per heavy atom. The Kier molecular flexibility index (Phi) is 4.13. The van der Waals surface area contributed by atoms with E-state index in [1.807, 2.05) is 6.07 Å². The van der Waals surface area contributed by atoms with E-state index >= 15 is 0 Å². The number of hydrogen-bond acceptors (Lipinski definition) is 3. The van der Waals surface area contributed by atoms with Gasteiger partial charge in [-0.1, -0.05) is 19.4 Å². The molecule has 4 unspecified atom stereocenters. The fourth-order valence-electron chi connectivity index (χ4n) is 4.11. The first-order valence-electron chi connectivity index (χ1n) is 8.23. The summed E-state index contributed by atoms with van der Waals surface area (Å²) in [7, 11) is 0. The number of pyridine rings is 1. The Hall–Kier alpha value is -1.25. The lowest BCUT2D eigenvalue weighted by Gasteiger charge is -2.29. The lowest BCUT2D eigenvalue weighted by atomic mass is 9.84. The van der Waals surface area contributed by atoms with Crippen molar-refractivity contribution < 1.29 is 0 Å². The molecule has 0 aromatic carbocycles. The Balaban J connectivity index is 1.59. The van der Waals surface area contributed by atoms with Crippen LogP contribution in [0.25, 0.3) is 0 Å². The number of anilines is 2. The third-order valence-electron chi connectivity index (χ3n) is 5.12. The first kappa shape index (κ1) is 13.7. The maximum Gasteiger partial charge on any atom is 0.128 e. The van der Waals surface area contributed by atoms with Gasteiger partial charge in [-0.05, 0) is 62.5 Å². The van der Waals surface area contributed by atoms with Gasteiger partial charge < -0.3 is 10.6 Å². The minimum atomic E-state index is 0.541. The third kappa shape index (κ3) is 2.92. The van der Waals surface area contributed by atoms with Gasteiger partial charge in [-0.25, -0.2) is 4.98 Å². The first-order chi connectivity index (χ1) is 9.76. The van der Waals surface area contributed by atoms with E-state index in [-0.39, 0.29) is 0 Å². The van der Waals surface area contributed by atoms with Gasteiger partial charge in [0.15, 0.2) is 0 Å². The van der Waals surface area contributed by atoms with Crippen molar-refractivity contribution in [3.05, 3.63) is 18.2 Å². The molecule has 2 aliphatic rings. The van der Waals surface area contributed by atoms with E-state index in [1.54, 1.807) is 0 Å². The van der Waals surface area contributed by atoms with Gasteiger partial charge in [-0.2, -0.15) is 0 Å². The molecule has 4 atom stereocenters. The van der Waals surface area contributed by atoms with Crippen molar-refractivity contribution in [1.29, 1.82) is 0 Å². The molecule has 3 rings (SSSR count). The minimum absolute atomic E-state index is 0.541. The minimum Gasteiger partial charge on any atom is -0.370 e. The summed E-state index contributed by atoms with van der Waals surface area (Å²) in [6, 6.07) is 6.75. The molecule has 0 saturated heterocycles. The molecule has 2 aliphatic carbocycles. The highest BCUT2D eigenvalue weighted by molar-refractivity contribution is 5.45. The highest BCUT2D eigenvalue weighted by Gasteiger charge is 2.41. The van der Waals surface area contributed by atoms with Crippen LogP contribution >= 0.6 is 0 Å². The van der Waals surface area contributed by atoms with E-state index < -0.39 is 0 Å². The van der Waals surface area contributed by atoms with E-state index in [1.165, 1.54) is 25.7 Å². The second kappa shape index (κ2) is 6.02. The predicted molar refractivity (Wildman–Crippen MR) is 85.0 cm³/mol. The maximum absolute atomic E-state index is 4.66. The highest BCUT2D eigenvalue weighted by atomic mass is 15.1. The first-order valence-corrected chi connectivity index (χ1v) is 8.23. The topological polar surface area (TPSA) is 37.0 Å². The summed E-state index contributed by atoms with van der Waals surface area (Å²) >= 11 is 0. The second-order valence-electron chi connectivity index (χ2n) is 6.61. The van der Waals surface area contributed by atoms with Crippen LogP contribution in [0.3, 0.4) is 0 Å². The molecular formula is C17H27N3. The van der Waals surface area contributed by atoms with Crippen LogP contribution < -0.4 is 10.6 Å². The summed E-state index contributed by atoms with van der Waals surface area (Å²) in [5, 5.41) is 6.99. The summed E-state index contributed by atoms with van der Waals surface area (Å²) in [6.07, 6.45) is 6.95. The zero-order valence-electron chi connectivity index (χ0n) is 12.7.